The summed E-state index contributed by atoms with van der Waals surface area (Å²) in [6.07, 6.45) is 0. The van der Waals surface area contributed by atoms with Crippen molar-refractivity contribution in [3.63, 3.8) is 0 Å². The molecular weight excluding hydrogens is 388 g/mol. The molecule has 1 heterocycles. The van der Waals surface area contributed by atoms with Gasteiger partial charge in [-0.15, -0.1) is 0 Å². The number of anilines is 1. The van der Waals surface area contributed by atoms with Crippen molar-refractivity contribution in [2.45, 2.75) is 25.3 Å². The van der Waals surface area contributed by atoms with Crippen molar-refractivity contribution in [2.24, 2.45) is 0 Å². The van der Waals surface area contributed by atoms with E-state index in [0.717, 1.165) is 11.3 Å². The number of hydrogen-bond donors (Lipinski definition) is 1. The topological polar surface area (TPSA) is 94.5 Å². The molecule has 0 fully saturated rings. The van der Waals surface area contributed by atoms with Gasteiger partial charge in [0.15, 0.2) is 0 Å². The van der Waals surface area contributed by atoms with E-state index < -0.39 is 16.0 Å². The van der Waals surface area contributed by atoms with Gasteiger partial charge in [0, 0.05) is 12.2 Å². The average molecular weight is 406 g/mol. The Morgan fingerprint density at radius 1 is 1.19 bits per heavy atom. The summed E-state index contributed by atoms with van der Waals surface area (Å²) >= 11 is 1.01. The number of sulfonamides is 1. The first-order valence-corrected chi connectivity index (χ1v) is 10.6. The number of hydrogen-bond acceptors (Lipinski definition) is 6. The fourth-order valence-corrected chi connectivity index (χ4v) is 4.80. The van der Waals surface area contributed by atoms with Gasteiger partial charge in [-0.05, 0) is 50.2 Å². The van der Waals surface area contributed by atoms with Crippen molar-refractivity contribution >= 4 is 43.2 Å². The van der Waals surface area contributed by atoms with Crippen LogP contribution < -0.4 is 9.60 Å². The minimum absolute atomic E-state index is 0.0426. The fourth-order valence-electron chi connectivity index (χ4n) is 2.65. The Balaban J connectivity index is 1.93. The molecule has 142 valence electrons. The molecule has 3 aromatic rings. The highest BCUT2D eigenvalue weighted by Gasteiger charge is 2.17. The van der Waals surface area contributed by atoms with Crippen LogP contribution in [0.2, 0.25) is 0 Å². The summed E-state index contributed by atoms with van der Waals surface area (Å²) in [5, 5.41) is 0. The summed E-state index contributed by atoms with van der Waals surface area (Å²) in [7, 11) is -3.88. The van der Waals surface area contributed by atoms with Crippen LogP contribution >= 0.6 is 11.3 Å². The van der Waals surface area contributed by atoms with Gasteiger partial charge < -0.3 is 4.74 Å². The average Bonchev–Trinajstić information content (AvgIpc) is 2.95. The van der Waals surface area contributed by atoms with Crippen molar-refractivity contribution in [1.82, 2.24) is 4.57 Å². The van der Waals surface area contributed by atoms with Crippen LogP contribution in [0.15, 0.2) is 52.2 Å². The SMILES string of the molecule is CCOC(=O)c1cccc(NS(=O)(=O)c2ccc3c(c2)sc(=O)n3CC)c1. The molecule has 0 aliphatic rings. The predicted molar refractivity (Wildman–Crippen MR) is 105 cm³/mol. The molecule has 0 amide bonds. The van der Waals surface area contributed by atoms with Crippen LogP contribution in [-0.4, -0.2) is 25.6 Å². The van der Waals surface area contributed by atoms with Gasteiger partial charge in [0.05, 0.1) is 27.3 Å². The summed E-state index contributed by atoms with van der Waals surface area (Å²) in [5.74, 6) is -0.523. The number of fused-ring (bicyclic) bond motifs is 1. The number of nitrogens with one attached hydrogen (secondary N) is 1. The summed E-state index contributed by atoms with van der Waals surface area (Å²) < 4.78 is 35.0. The lowest BCUT2D eigenvalue weighted by Gasteiger charge is -2.10. The number of esters is 1. The summed E-state index contributed by atoms with van der Waals surface area (Å²) in [4.78, 5) is 23.7. The summed E-state index contributed by atoms with van der Waals surface area (Å²) in [6.45, 7) is 4.30. The molecule has 0 saturated carbocycles. The number of carbonyl (C=O) groups is 1. The van der Waals surface area contributed by atoms with Gasteiger partial charge in [-0.2, -0.15) is 0 Å². The first-order valence-electron chi connectivity index (χ1n) is 8.29. The molecule has 0 saturated heterocycles. The molecule has 7 nitrogen and oxygen atoms in total. The highest BCUT2D eigenvalue weighted by molar-refractivity contribution is 7.92. The third kappa shape index (κ3) is 3.88. The Morgan fingerprint density at radius 3 is 2.67 bits per heavy atom. The molecule has 1 N–H and O–H groups in total. The number of benzene rings is 2. The molecule has 27 heavy (non-hydrogen) atoms. The van der Waals surface area contributed by atoms with Gasteiger partial charge >= 0.3 is 10.8 Å². The number of carbonyl (C=O) groups excluding carboxylic acids is 1. The number of nitrogens with zero attached hydrogens (tertiary/aromatic N) is 1. The zero-order valence-corrected chi connectivity index (χ0v) is 16.4. The van der Waals surface area contributed by atoms with Crippen molar-refractivity contribution < 1.29 is 17.9 Å². The lowest BCUT2D eigenvalue weighted by atomic mass is 10.2. The van der Waals surface area contributed by atoms with E-state index in [4.69, 9.17) is 4.74 Å². The lowest BCUT2D eigenvalue weighted by Crippen LogP contribution is -2.14. The molecule has 0 bridgehead atoms. The van der Waals surface area contributed by atoms with Crippen molar-refractivity contribution in [3.05, 3.63) is 57.7 Å². The molecule has 0 atom stereocenters. The maximum Gasteiger partial charge on any atom is 0.338 e. The van der Waals surface area contributed by atoms with Crippen LogP contribution in [-0.2, 0) is 21.3 Å². The maximum absolute atomic E-state index is 12.7. The minimum Gasteiger partial charge on any atom is -0.462 e. The van der Waals surface area contributed by atoms with E-state index in [1.807, 2.05) is 6.92 Å². The van der Waals surface area contributed by atoms with Crippen molar-refractivity contribution in [2.75, 3.05) is 11.3 Å². The molecule has 0 spiro atoms. The minimum atomic E-state index is -3.88. The molecule has 1 aromatic heterocycles. The second kappa shape index (κ2) is 7.53. The van der Waals surface area contributed by atoms with Gasteiger partial charge in [0.1, 0.15) is 0 Å². The second-order valence-electron chi connectivity index (χ2n) is 5.65. The van der Waals surface area contributed by atoms with E-state index >= 15 is 0 Å². The Labute approximate surface area is 160 Å². The van der Waals surface area contributed by atoms with Crippen LogP contribution in [0, 0.1) is 0 Å². The number of ether oxygens (including phenoxy) is 1. The van der Waals surface area contributed by atoms with Gasteiger partial charge in [0.25, 0.3) is 10.0 Å². The third-order valence-corrected chi connectivity index (χ3v) is 6.21. The number of aryl methyl sites for hydroxylation is 1. The maximum atomic E-state index is 12.7. The highest BCUT2D eigenvalue weighted by Crippen LogP contribution is 2.24. The Bertz CT molecular complexity index is 1160. The molecule has 2 aromatic carbocycles. The first kappa shape index (κ1) is 19.1. The van der Waals surface area contributed by atoms with E-state index in [9.17, 15) is 18.0 Å². The van der Waals surface area contributed by atoms with Crippen molar-refractivity contribution in [1.29, 1.82) is 0 Å². The molecule has 0 aliphatic heterocycles. The predicted octanol–water partition coefficient (Wildman–Crippen LogP) is 3.06. The van der Waals surface area contributed by atoms with Crippen LogP contribution in [0.4, 0.5) is 5.69 Å². The number of rotatable bonds is 6. The quantitative estimate of drug-likeness (QED) is 0.635. The smallest absolute Gasteiger partial charge is 0.338 e. The van der Waals surface area contributed by atoms with E-state index in [0.29, 0.717) is 16.8 Å². The van der Waals surface area contributed by atoms with Crippen LogP contribution in [0.25, 0.3) is 10.2 Å². The highest BCUT2D eigenvalue weighted by atomic mass is 32.2. The van der Waals surface area contributed by atoms with Crippen LogP contribution in [0.5, 0.6) is 0 Å². The molecule has 0 radical (unpaired) electrons. The van der Waals surface area contributed by atoms with E-state index in [1.54, 1.807) is 35.8 Å². The Hall–Kier alpha value is -2.65. The summed E-state index contributed by atoms with van der Waals surface area (Å²) in [5.41, 5.74) is 1.21. The standard InChI is InChI=1S/C18H18N2O5S2/c1-3-20-15-9-8-14(11-16(15)26-18(20)22)27(23,24)19-13-7-5-6-12(10-13)17(21)25-4-2/h5-11,19H,3-4H2,1-2H3. The third-order valence-electron chi connectivity index (χ3n) is 3.89. The Morgan fingerprint density at radius 2 is 1.96 bits per heavy atom. The number of aromatic nitrogens is 1. The fraction of sp³-hybridized carbons (Fsp3) is 0.222. The van der Waals surface area contributed by atoms with E-state index in [-0.39, 0.29) is 27.6 Å². The summed E-state index contributed by atoms with van der Waals surface area (Å²) in [6, 6.07) is 10.6. The molecule has 0 aliphatic carbocycles. The van der Waals surface area contributed by atoms with Gasteiger partial charge in [0.2, 0.25) is 0 Å². The van der Waals surface area contributed by atoms with E-state index in [2.05, 4.69) is 4.72 Å². The van der Waals surface area contributed by atoms with Crippen molar-refractivity contribution in [3.8, 4) is 0 Å². The van der Waals surface area contributed by atoms with Crippen LogP contribution in [0.1, 0.15) is 24.2 Å². The van der Waals surface area contributed by atoms with E-state index in [1.165, 1.54) is 18.2 Å². The largest absolute Gasteiger partial charge is 0.462 e. The number of thiazole rings is 1. The van der Waals surface area contributed by atoms with Crippen LogP contribution in [0.3, 0.4) is 0 Å². The van der Waals surface area contributed by atoms with Gasteiger partial charge in [-0.3, -0.25) is 14.1 Å². The van der Waals surface area contributed by atoms with Gasteiger partial charge in [-0.1, -0.05) is 17.4 Å². The molecule has 9 heteroatoms. The zero-order chi connectivity index (χ0) is 19.6. The lowest BCUT2D eigenvalue weighted by molar-refractivity contribution is 0.0526. The molecular formula is C18H18N2O5S2. The normalized spacial score (nSPS) is 11.5. The molecule has 0 unspecified atom stereocenters. The monoisotopic (exact) mass is 406 g/mol. The Kier molecular flexibility index (Phi) is 5.33. The zero-order valence-electron chi connectivity index (χ0n) is 14.8. The molecule has 3 rings (SSSR count). The first-order chi connectivity index (χ1) is 12.9. The second-order valence-corrected chi connectivity index (χ2v) is 8.32. The van der Waals surface area contributed by atoms with Gasteiger partial charge in [-0.25, -0.2) is 13.2 Å².